The highest BCUT2D eigenvalue weighted by Crippen LogP contribution is 2.52. The van der Waals surface area contributed by atoms with Crippen LogP contribution in [0.25, 0.3) is 0 Å². The normalized spacial score (nSPS) is 31.8. The molecule has 1 atom stereocenters. The van der Waals surface area contributed by atoms with Gasteiger partial charge >= 0.3 is 0 Å². The Morgan fingerprint density at radius 1 is 0.786 bits per heavy atom. The number of ether oxygens (including phenoxy) is 1. The first-order valence-electron chi connectivity index (χ1n) is 12.2. The van der Waals surface area contributed by atoms with Crippen molar-refractivity contribution in [3.8, 4) is 0 Å². The van der Waals surface area contributed by atoms with Gasteiger partial charge in [0.05, 0.1) is 6.61 Å². The predicted octanol–water partition coefficient (Wildman–Crippen LogP) is 5.34. The van der Waals surface area contributed by atoms with Crippen LogP contribution in [-0.4, -0.2) is 60.3 Å². The quantitative estimate of drug-likeness (QED) is 0.647. The van der Waals surface area contributed by atoms with Crippen LogP contribution in [-0.2, 0) is 4.74 Å². The maximum atomic E-state index is 5.74. The van der Waals surface area contributed by atoms with Gasteiger partial charge < -0.3 is 4.74 Å². The smallest absolute Gasteiger partial charge is 0.0524 e. The van der Waals surface area contributed by atoms with Crippen molar-refractivity contribution in [2.45, 2.75) is 103 Å². The number of nitrogens with zero attached hydrogens (tertiary/aromatic N) is 2. The second-order valence-corrected chi connectivity index (χ2v) is 12.6. The molecule has 0 radical (unpaired) electrons. The van der Waals surface area contributed by atoms with Crippen LogP contribution in [0.3, 0.4) is 0 Å². The first-order valence-corrected chi connectivity index (χ1v) is 12.2. The standard InChI is InChI=1S/C25H46N2O/c1-22(2,3)26-13-8-24(9-14-26)7-6-21(19-24)18-23(4,5)27-15-10-25(11-16-27)12-17-28-20-25/h21H,6-20H2,1-5H3. The van der Waals surface area contributed by atoms with Crippen LogP contribution in [0.2, 0.25) is 0 Å². The molecule has 1 saturated carbocycles. The molecular formula is C25H46N2O. The lowest BCUT2D eigenvalue weighted by Crippen LogP contribution is -2.51. The van der Waals surface area contributed by atoms with Crippen molar-refractivity contribution < 1.29 is 4.74 Å². The summed E-state index contributed by atoms with van der Waals surface area (Å²) >= 11 is 0. The molecule has 4 aliphatic rings. The zero-order chi connectivity index (χ0) is 20.0. The van der Waals surface area contributed by atoms with Crippen LogP contribution in [0.5, 0.6) is 0 Å². The van der Waals surface area contributed by atoms with E-state index in [4.69, 9.17) is 4.74 Å². The van der Waals surface area contributed by atoms with Crippen molar-refractivity contribution in [2.75, 3.05) is 39.4 Å². The maximum Gasteiger partial charge on any atom is 0.0524 e. The summed E-state index contributed by atoms with van der Waals surface area (Å²) in [7, 11) is 0. The molecule has 0 bridgehead atoms. The van der Waals surface area contributed by atoms with E-state index in [1.54, 1.807) is 0 Å². The van der Waals surface area contributed by atoms with Crippen LogP contribution in [0.4, 0.5) is 0 Å². The van der Waals surface area contributed by atoms with E-state index in [2.05, 4.69) is 44.4 Å². The van der Waals surface area contributed by atoms with Gasteiger partial charge in [-0.1, -0.05) is 0 Å². The Bertz CT molecular complexity index is 525. The minimum Gasteiger partial charge on any atom is -0.381 e. The Kier molecular flexibility index (Phi) is 5.69. The van der Waals surface area contributed by atoms with E-state index in [1.807, 2.05) is 0 Å². The Hall–Kier alpha value is -0.120. The first kappa shape index (κ1) is 21.1. The number of likely N-dealkylation sites (tertiary alicyclic amines) is 2. The van der Waals surface area contributed by atoms with E-state index in [9.17, 15) is 0 Å². The molecule has 0 amide bonds. The lowest BCUT2D eigenvalue weighted by molar-refractivity contribution is 0.0131. The fourth-order valence-corrected chi connectivity index (χ4v) is 7.07. The summed E-state index contributed by atoms with van der Waals surface area (Å²) in [5, 5.41) is 0. The third-order valence-electron chi connectivity index (χ3n) is 9.23. The van der Waals surface area contributed by atoms with E-state index in [1.165, 1.54) is 84.0 Å². The van der Waals surface area contributed by atoms with Gasteiger partial charge in [-0.3, -0.25) is 9.80 Å². The third-order valence-corrected chi connectivity index (χ3v) is 9.23. The van der Waals surface area contributed by atoms with Crippen molar-refractivity contribution in [3.05, 3.63) is 0 Å². The van der Waals surface area contributed by atoms with E-state index in [0.29, 0.717) is 21.9 Å². The molecule has 0 N–H and O–H groups in total. The molecule has 28 heavy (non-hydrogen) atoms. The zero-order valence-corrected chi connectivity index (χ0v) is 19.5. The fraction of sp³-hybridized carbons (Fsp3) is 1.00. The second kappa shape index (κ2) is 7.54. The van der Waals surface area contributed by atoms with Gasteiger partial charge in [0.15, 0.2) is 0 Å². The highest BCUT2D eigenvalue weighted by Gasteiger charge is 2.46. The highest BCUT2D eigenvalue weighted by atomic mass is 16.5. The molecule has 162 valence electrons. The van der Waals surface area contributed by atoms with Gasteiger partial charge in [-0.05, 0) is 135 Å². The molecule has 1 unspecified atom stereocenters. The summed E-state index contributed by atoms with van der Waals surface area (Å²) in [6.45, 7) is 19.4. The van der Waals surface area contributed by atoms with Gasteiger partial charge in [0, 0.05) is 17.7 Å². The summed E-state index contributed by atoms with van der Waals surface area (Å²) in [5.41, 5.74) is 1.92. The summed E-state index contributed by atoms with van der Waals surface area (Å²) in [6.07, 6.45) is 12.8. The molecule has 1 aliphatic carbocycles. The van der Waals surface area contributed by atoms with E-state index < -0.39 is 0 Å². The van der Waals surface area contributed by atoms with Crippen molar-refractivity contribution in [3.63, 3.8) is 0 Å². The summed E-state index contributed by atoms with van der Waals surface area (Å²) in [6, 6.07) is 0. The van der Waals surface area contributed by atoms with Gasteiger partial charge in [0.25, 0.3) is 0 Å². The summed E-state index contributed by atoms with van der Waals surface area (Å²) in [4.78, 5) is 5.54. The number of piperidine rings is 2. The molecule has 4 fully saturated rings. The van der Waals surface area contributed by atoms with Crippen LogP contribution >= 0.6 is 0 Å². The molecule has 0 aromatic heterocycles. The average Bonchev–Trinajstić information content (AvgIpc) is 3.22. The molecule has 3 heteroatoms. The molecule has 3 nitrogen and oxygen atoms in total. The average molecular weight is 391 g/mol. The number of rotatable bonds is 3. The van der Waals surface area contributed by atoms with Crippen molar-refractivity contribution in [1.82, 2.24) is 9.80 Å². The molecular weight excluding hydrogens is 344 g/mol. The Balaban J connectivity index is 1.28. The van der Waals surface area contributed by atoms with Gasteiger partial charge in [0.2, 0.25) is 0 Å². The van der Waals surface area contributed by atoms with Crippen LogP contribution < -0.4 is 0 Å². The molecule has 4 rings (SSSR count). The van der Waals surface area contributed by atoms with Crippen LogP contribution in [0, 0.1) is 16.7 Å². The Morgan fingerprint density at radius 2 is 1.39 bits per heavy atom. The van der Waals surface area contributed by atoms with Crippen molar-refractivity contribution in [1.29, 1.82) is 0 Å². The molecule has 3 saturated heterocycles. The van der Waals surface area contributed by atoms with Crippen LogP contribution in [0.1, 0.15) is 92.4 Å². The highest BCUT2D eigenvalue weighted by molar-refractivity contribution is 4.99. The molecule has 0 aromatic rings. The number of hydrogen-bond donors (Lipinski definition) is 0. The lowest BCUT2D eigenvalue weighted by Gasteiger charge is -2.47. The van der Waals surface area contributed by atoms with Gasteiger partial charge in [-0.25, -0.2) is 0 Å². The second-order valence-electron chi connectivity index (χ2n) is 12.6. The third kappa shape index (κ3) is 4.32. The summed E-state index contributed by atoms with van der Waals surface area (Å²) < 4.78 is 5.74. The van der Waals surface area contributed by atoms with Crippen LogP contribution in [0.15, 0.2) is 0 Å². The SMILES string of the molecule is CC(C)(C)N1CCC2(CCC(CC(C)(C)N3CCC4(CCOC4)CC3)C2)CC1. The van der Waals surface area contributed by atoms with Gasteiger partial charge in [0.1, 0.15) is 0 Å². The predicted molar refractivity (Wildman–Crippen MR) is 118 cm³/mol. The monoisotopic (exact) mass is 390 g/mol. The van der Waals surface area contributed by atoms with E-state index in [0.717, 1.165) is 19.1 Å². The lowest BCUT2D eigenvalue weighted by atomic mass is 9.74. The Labute approximate surface area is 174 Å². The largest absolute Gasteiger partial charge is 0.381 e. The topological polar surface area (TPSA) is 15.7 Å². The van der Waals surface area contributed by atoms with Gasteiger partial charge in [-0.2, -0.15) is 0 Å². The minimum atomic E-state index is 0.345. The first-order chi connectivity index (χ1) is 13.1. The summed E-state index contributed by atoms with van der Waals surface area (Å²) in [5.74, 6) is 0.946. The van der Waals surface area contributed by atoms with Gasteiger partial charge in [-0.15, -0.1) is 0 Å². The fourth-order valence-electron chi connectivity index (χ4n) is 7.07. The van der Waals surface area contributed by atoms with E-state index >= 15 is 0 Å². The minimum absolute atomic E-state index is 0.345. The Morgan fingerprint density at radius 3 is 1.96 bits per heavy atom. The van der Waals surface area contributed by atoms with E-state index in [-0.39, 0.29) is 0 Å². The van der Waals surface area contributed by atoms with Crippen molar-refractivity contribution in [2.24, 2.45) is 16.7 Å². The molecule has 0 aromatic carbocycles. The zero-order valence-electron chi connectivity index (χ0n) is 19.5. The number of hydrogen-bond acceptors (Lipinski definition) is 3. The molecule has 3 heterocycles. The maximum absolute atomic E-state index is 5.74. The van der Waals surface area contributed by atoms with Crippen molar-refractivity contribution >= 4 is 0 Å². The molecule has 2 spiro atoms. The molecule has 3 aliphatic heterocycles.